The molecule has 22 heavy (non-hydrogen) atoms. The molecular formula is C16H28N2O4. The smallest absolute Gasteiger partial charge is 0.312 e. The second-order valence-electron chi connectivity index (χ2n) is 7.74. The van der Waals surface area contributed by atoms with Gasteiger partial charge in [0, 0.05) is 19.1 Å². The molecule has 2 unspecified atom stereocenters. The molecule has 1 saturated heterocycles. The van der Waals surface area contributed by atoms with E-state index in [0.29, 0.717) is 13.2 Å². The third-order valence-electron chi connectivity index (χ3n) is 4.64. The molecule has 2 atom stereocenters. The normalized spacial score (nSPS) is 29.5. The van der Waals surface area contributed by atoms with Crippen LogP contribution in [-0.4, -0.2) is 60.8 Å². The van der Waals surface area contributed by atoms with Crippen LogP contribution in [0.25, 0.3) is 0 Å². The van der Waals surface area contributed by atoms with E-state index < -0.39 is 11.8 Å². The summed E-state index contributed by atoms with van der Waals surface area (Å²) in [5.41, 5.74) is 0.355. The Balaban J connectivity index is 1.86. The molecule has 2 bridgehead atoms. The largest absolute Gasteiger partial charge is 0.394 e. The number of likely N-dealkylation sites (tertiary alicyclic amines) is 1. The predicted molar refractivity (Wildman–Crippen MR) is 82.2 cm³/mol. The average Bonchev–Trinajstić information content (AvgIpc) is 2.66. The third kappa shape index (κ3) is 3.98. The van der Waals surface area contributed by atoms with Crippen molar-refractivity contribution >= 4 is 11.8 Å². The fourth-order valence-electron chi connectivity index (χ4n) is 4.31. The zero-order valence-electron chi connectivity index (χ0n) is 13.9. The highest BCUT2D eigenvalue weighted by atomic mass is 16.5. The maximum absolute atomic E-state index is 12.4. The van der Waals surface area contributed by atoms with Crippen LogP contribution >= 0.6 is 0 Å². The van der Waals surface area contributed by atoms with Gasteiger partial charge in [0.05, 0.1) is 19.8 Å². The highest BCUT2D eigenvalue weighted by molar-refractivity contribution is 6.35. The molecule has 2 amide bonds. The first-order valence-corrected chi connectivity index (χ1v) is 8.04. The topological polar surface area (TPSA) is 78.9 Å². The number of nitrogens with one attached hydrogen (secondary N) is 1. The van der Waals surface area contributed by atoms with E-state index in [9.17, 15) is 9.59 Å². The number of carbonyl (C=O) groups excluding carboxylic acids is 2. The van der Waals surface area contributed by atoms with Crippen molar-refractivity contribution in [2.24, 2.45) is 10.8 Å². The molecular weight excluding hydrogens is 284 g/mol. The molecule has 2 fully saturated rings. The predicted octanol–water partition coefficient (Wildman–Crippen LogP) is 0.539. The summed E-state index contributed by atoms with van der Waals surface area (Å²) in [6.07, 6.45) is 3.05. The van der Waals surface area contributed by atoms with Crippen molar-refractivity contribution in [1.29, 1.82) is 0 Å². The first-order valence-electron chi connectivity index (χ1n) is 8.04. The first-order chi connectivity index (χ1) is 10.3. The van der Waals surface area contributed by atoms with E-state index in [1.807, 2.05) is 0 Å². The number of amides is 2. The van der Waals surface area contributed by atoms with E-state index in [2.05, 4.69) is 26.1 Å². The van der Waals surface area contributed by atoms with E-state index in [0.717, 1.165) is 19.3 Å². The summed E-state index contributed by atoms with van der Waals surface area (Å²) in [6, 6.07) is 0.178. The second kappa shape index (κ2) is 6.54. The number of hydrogen-bond donors (Lipinski definition) is 2. The van der Waals surface area contributed by atoms with Crippen molar-refractivity contribution in [2.45, 2.75) is 46.1 Å². The van der Waals surface area contributed by atoms with Crippen molar-refractivity contribution in [3.05, 3.63) is 0 Å². The van der Waals surface area contributed by atoms with Crippen LogP contribution in [0, 0.1) is 10.8 Å². The zero-order chi connectivity index (χ0) is 16.4. The van der Waals surface area contributed by atoms with Crippen molar-refractivity contribution in [3.63, 3.8) is 0 Å². The van der Waals surface area contributed by atoms with Gasteiger partial charge in [-0.2, -0.15) is 0 Å². The Morgan fingerprint density at radius 3 is 2.68 bits per heavy atom. The van der Waals surface area contributed by atoms with Crippen LogP contribution in [0.15, 0.2) is 0 Å². The molecule has 0 aromatic rings. The number of aliphatic hydroxyl groups excluding tert-OH is 1. The van der Waals surface area contributed by atoms with Crippen LogP contribution in [0.5, 0.6) is 0 Å². The molecule has 0 aromatic carbocycles. The van der Waals surface area contributed by atoms with Gasteiger partial charge < -0.3 is 20.1 Å². The highest BCUT2D eigenvalue weighted by Gasteiger charge is 2.51. The molecule has 6 heteroatoms. The number of aliphatic hydroxyl groups is 1. The van der Waals surface area contributed by atoms with Crippen molar-refractivity contribution in [3.8, 4) is 0 Å². The summed E-state index contributed by atoms with van der Waals surface area (Å²) >= 11 is 0. The van der Waals surface area contributed by atoms with E-state index in [-0.39, 0.29) is 36.6 Å². The van der Waals surface area contributed by atoms with Crippen molar-refractivity contribution < 1.29 is 19.4 Å². The Bertz CT molecular complexity index is 438. The van der Waals surface area contributed by atoms with Crippen LogP contribution in [0.3, 0.4) is 0 Å². The van der Waals surface area contributed by atoms with E-state index in [4.69, 9.17) is 9.84 Å². The summed E-state index contributed by atoms with van der Waals surface area (Å²) in [5, 5.41) is 11.2. The lowest BCUT2D eigenvalue weighted by atomic mass is 9.65. The number of hydrogen-bond acceptors (Lipinski definition) is 4. The van der Waals surface area contributed by atoms with Gasteiger partial charge in [0.25, 0.3) is 0 Å². The van der Waals surface area contributed by atoms with Gasteiger partial charge in [0.1, 0.15) is 0 Å². The fourth-order valence-corrected chi connectivity index (χ4v) is 4.31. The van der Waals surface area contributed by atoms with E-state index in [1.165, 1.54) is 0 Å². The lowest BCUT2D eigenvalue weighted by molar-refractivity contribution is -0.146. The molecule has 1 heterocycles. The van der Waals surface area contributed by atoms with Crippen LogP contribution < -0.4 is 5.32 Å². The van der Waals surface area contributed by atoms with Crippen LogP contribution in [-0.2, 0) is 14.3 Å². The molecule has 0 spiro atoms. The van der Waals surface area contributed by atoms with Gasteiger partial charge >= 0.3 is 11.8 Å². The Morgan fingerprint density at radius 2 is 2.00 bits per heavy atom. The van der Waals surface area contributed by atoms with Gasteiger partial charge in [-0.1, -0.05) is 20.8 Å². The van der Waals surface area contributed by atoms with E-state index >= 15 is 0 Å². The minimum atomic E-state index is -0.554. The van der Waals surface area contributed by atoms with Gasteiger partial charge in [-0.25, -0.2) is 0 Å². The van der Waals surface area contributed by atoms with Gasteiger partial charge in [-0.15, -0.1) is 0 Å². The van der Waals surface area contributed by atoms with Crippen LogP contribution in [0.2, 0.25) is 0 Å². The van der Waals surface area contributed by atoms with Gasteiger partial charge in [-0.3, -0.25) is 9.59 Å². The summed E-state index contributed by atoms with van der Waals surface area (Å²) in [6.45, 7) is 8.15. The summed E-state index contributed by atoms with van der Waals surface area (Å²) in [4.78, 5) is 26.2. The standard InChI is InChI=1S/C16H28N2O4/c1-15(2)8-12-9-16(3,10-15)11-18(12)14(21)13(20)17-4-6-22-7-5-19/h12,19H,4-11H2,1-3H3,(H,17,20). The summed E-state index contributed by atoms with van der Waals surface area (Å²) in [5.74, 6) is -0.977. The number of fused-ring (bicyclic) bond motifs is 2. The minimum Gasteiger partial charge on any atom is -0.394 e. The number of nitrogens with zero attached hydrogens (tertiary/aromatic N) is 1. The molecule has 6 nitrogen and oxygen atoms in total. The second-order valence-corrected chi connectivity index (χ2v) is 7.74. The molecule has 0 aromatic heterocycles. The molecule has 2 rings (SSSR count). The minimum absolute atomic E-state index is 0.0449. The maximum Gasteiger partial charge on any atom is 0.312 e. The van der Waals surface area contributed by atoms with Gasteiger partial charge in [0.2, 0.25) is 0 Å². The molecule has 126 valence electrons. The van der Waals surface area contributed by atoms with Crippen molar-refractivity contribution in [2.75, 3.05) is 32.9 Å². The quantitative estimate of drug-likeness (QED) is 0.574. The van der Waals surface area contributed by atoms with E-state index in [1.54, 1.807) is 4.90 Å². The molecule has 1 saturated carbocycles. The highest BCUT2D eigenvalue weighted by Crippen LogP contribution is 2.52. The van der Waals surface area contributed by atoms with Crippen LogP contribution in [0.1, 0.15) is 40.0 Å². The molecule has 1 aliphatic heterocycles. The van der Waals surface area contributed by atoms with Gasteiger partial charge in [0.15, 0.2) is 0 Å². The molecule has 2 aliphatic rings. The zero-order valence-corrected chi connectivity index (χ0v) is 13.9. The van der Waals surface area contributed by atoms with Gasteiger partial charge in [-0.05, 0) is 30.1 Å². The Morgan fingerprint density at radius 1 is 1.27 bits per heavy atom. The number of ether oxygens (including phenoxy) is 1. The lowest BCUT2D eigenvalue weighted by Crippen LogP contribution is -2.46. The van der Waals surface area contributed by atoms with Crippen molar-refractivity contribution in [1.82, 2.24) is 10.2 Å². The monoisotopic (exact) mass is 312 g/mol. The summed E-state index contributed by atoms with van der Waals surface area (Å²) < 4.78 is 5.06. The Hall–Kier alpha value is -1.14. The average molecular weight is 312 g/mol. The maximum atomic E-state index is 12.4. The number of carbonyl (C=O) groups is 2. The fraction of sp³-hybridized carbons (Fsp3) is 0.875. The third-order valence-corrected chi connectivity index (χ3v) is 4.64. The SMILES string of the molecule is CC1(C)CC2CC(C)(CN2C(=O)C(=O)NCCOCCO)C1. The first kappa shape index (κ1) is 17.2. The number of rotatable bonds is 5. The molecule has 2 N–H and O–H groups in total. The molecule has 1 aliphatic carbocycles. The van der Waals surface area contributed by atoms with Crippen LogP contribution in [0.4, 0.5) is 0 Å². The lowest BCUT2D eigenvalue weighted by Gasteiger charge is -2.39. The Kier molecular flexibility index (Phi) is 5.12. The summed E-state index contributed by atoms with van der Waals surface area (Å²) in [7, 11) is 0. The Labute approximate surface area is 132 Å². The molecule has 0 radical (unpaired) electrons.